The van der Waals surface area contributed by atoms with Gasteiger partial charge in [-0.05, 0) is 26.9 Å². The Morgan fingerprint density at radius 2 is 2.00 bits per heavy atom. The van der Waals surface area contributed by atoms with Gasteiger partial charge in [0.2, 0.25) is 0 Å². The Kier molecular flexibility index (Phi) is 4.16. The first kappa shape index (κ1) is 11.4. The third-order valence-electron chi connectivity index (χ3n) is 1.80. The molecular formula is C7H17N3O2. The molecule has 0 aliphatic rings. The minimum Gasteiger partial charge on any atom is -0.481 e. The Morgan fingerprint density at radius 1 is 1.50 bits per heavy atom. The zero-order chi connectivity index (χ0) is 9.78. The molecule has 0 bridgehead atoms. The Balaban J connectivity index is 3.69. The van der Waals surface area contributed by atoms with E-state index in [-0.39, 0.29) is 6.42 Å². The highest BCUT2D eigenvalue weighted by Crippen LogP contribution is 2.07. The molecule has 0 aliphatic carbocycles. The summed E-state index contributed by atoms with van der Waals surface area (Å²) >= 11 is 0. The van der Waals surface area contributed by atoms with Crippen molar-refractivity contribution in [3.63, 3.8) is 0 Å². The minimum atomic E-state index is -0.893. The van der Waals surface area contributed by atoms with E-state index in [9.17, 15) is 4.79 Å². The minimum absolute atomic E-state index is 0.115. The summed E-state index contributed by atoms with van der Waals surface area (Å²) in [6.45, 7) is 0. The van der Waals surface area contributed by atoms with Crippen molar-refractivity contribution in [2.45, 2.75) is 25.0 Å². The molecule has 0 aliphatic heterocycles. The van der Waals surface area contributed by atoms with Crippen LogP contribution in [-0.2, 0) is 4.79 Å². The fourth-order valence-electron chi connectivity index (χ4n) is 0.746. The molecular weight excluding hydrogens is 158 g/mol. The Hall–Kier alpha value is -0.650. The average Bonchev–Trinajstić information content (AvgIpc) is 1.85. The van der Waals surface area contributed by atoms with E-state index in [1.54, 1.807) is 19.0 Å². The fourth-order valence-corrected chi connectivity index (χ4v) is 0.746. The molecule has 12 heavy (non-hydrogen) atoms. The lowest BCUT2D eigenvalue weighted by Gasteiger charge is -2.31. The molecule has 0 saturated heterocycles. The van der Waals surface area contributed by atoms with Crippen LogP contribution in [0.15, 0.2) is 0 Å². The zero-order valence-corrected chi connectivity index (χ0v) is 7.58. The molecule has 0 spiro atoms. The molecule has 0 unspecified atom stereocenters. The zero-order valence-electron chi connectivity index (χ0n) is 7.58. The molecule has 5 N–H and O–H groups in total. The van der Waals surface area contributed by atoms with Gasteiger partial charge in [0.15, 0.2) is 0 Å². The number of nitrogens with two attached hydrogens (primary N) is 2. The first-order valence-electron chi connectivity index (χ1n) is 3.83. The van der Waals surface area contributed by atoms with E-state index < -0.39 is 11.8 Å². The van der Waals surface area contributed by atoms with E-state index in [1.165, 1.54) is 0 Å². The number of rotatable bonds is 5. The van der Waals surface area contributed by atoms with Gasteiger partial charge in [0.25, 0.3) is 0 Å². The van der Waals surface area contributed by atoms with Crippen LogP contribution in [0, 0.1) is 0 Å². The van der Waals surface area contributed by atoms with E-state index in [0.717, 1.165) is 0 Å². The summed E-state index contributed by atoms with van der Waals surface area (Å²) in [6.07, 6.45) is 1.09. The van der Waals surface area contributed by atoms with E-state index in [1.807, 2.05) is 0 Å². The van der Waals surface area contributed by atoms with Gasteiger partial charge < -0.3 is 16.6 Å². The average molecular weight is 175 g/mol. The number of aliphatic carboxylic acids is 1. The Labute approximate surface area is 72.3 Å². The summed E-state index contributed by atoms with van der Waals surface area (Å²) in [4.78, 5) is 11.8. The van der Waals surface area contributed by atoms with Crippen LogP contribution in [0.4, 0.5) is 0 Å². The van der Waals surface area contributed by atoms with E-state index in [0.29, 0.717) is 12.8 Å². The summed E-state index contributed by atoms with van der Waals surface area (Å²) in [7, 11) is 3.53. The van der Waals surface area contributed by atoms with Crippen LogP contribution in [0.25, 0.3) is 0 Å². The largest absolute Gasteiger partial charge is 0.481 e. The normalized spacial score (nSPS) is 12.1. The molecule has 0 saturated carbocycles. The van der Waals surface area contributed by atoms with Crippen LogP contribution in [-0.4, -0.2) is 35.9 Å². The molecule has 5 heteroatoms. The van der Waals surface area contributed by atoms with Crippen molar-refractivity contribution in [2.75, 3.05) is 14.1 Å². The van der Waals surface area contributed by atoms with Crippen LogP contribution in [0.1, 0.15) is 19.3 Å². The maximum Gasteiger partial charge on any atom is 0.303 e. The Morgan fingerprint density at radius 3 is 2.33 bits per heavy atom. The molecule has 0 radical (unpaired) electrons. The number of carboxylic acid groups (broad SMARTS) is 1. The van der Waals surface area contributed by atoms with Crippen molar-refractivity contribution < 1.29 is 9.90 Å². The lowest BCUT2D eigenvalue weighted by atomic mass is 10.1. The van der Waals surface area contributed by atoms with Crippen molar-refractivity contribution in [2.24, 2.45) is 11.5 Å². The SMILES string of the molecule is CN(C)C(N)(N)CCCC(=O)O. The van der Waals surface area contributed by atoms with Crippen LogP contribution < -0.4 is 11.5 Å². The lowest BCUT2D eigenvalue weighted by molar-refractivity contribution is -0.137. The first-order chi connectivity index (χ1) is 5.36. The number of carbonyl (C=O) groups is 1. The number of hydrogen-bond donors (Lipinski definition) is 3. The van der Waals surface area contributed by atoms with Gasteiger partial charge in [0.05, 0.1) is 0 Å². The van der Waals surface area contributed by atoms with Crippen molar-refractivity contribution in [3.8, 4) is 0 Å². The summed E-state index contributed by atoms with van der Waals surface area (Å²) in [6, 6.07) is 0. The molecule has 0 aromatic carbocycles. The van der Waals surface area contributed by atoms with Crippen LogP contribution in [0.2, 0.25) is 0 Å². The van der Waals surface area contributed by atoms with Gasteiger partial charge in [-0.3, -0.25) is 9.69 Å². The van der Waals surface area contributed by atoms with Gasteiger partial charge in [-0.15, -0.1) is 0 Å². The quantitative estimate of drug-likeness (QED) is 0.484. The second-order valence-corrected chi connectivity index (χ2v) is 3.13. The number of hydrogen-bond acceptors (Lipinski definition) is 4. The predicted octanol–water partition coefficient (Wildman–Crippen LogP) is -0.626. The van der Waals surface area contributed by atoms with Gasteiger partial charge in [-0.25, -0.2) is 0 Å². The van der Waals surface area contributed by atoms with Gasteiger partial charge in [0.1, 0.15) is 5.79 Å². The standard InChI is InChI=1S/C7H17N3O2/c1-10(2)7(8,9)5-3-4-6(11)12/h3-5,8-9H2,1-2H3,(H,11,12). The summed E-state index contributed by atoms with van der Waals surface area (Å²) in [5, 5.41) is 8.35. The highest BCUT2D eigenvalue weighted by molar-refractivity contribution is 5.66. The molecule has 0 rings (SSSR count). The highest BCUT2D eigenvalue weighted by Gasteiger charge is 2.21. The molecule has 0 fully saturated rings. The maximum atomic E-state index is 10.2. The van der Waals surface area contributed by atoms with Crippen molar-refractivity contribution >= 4 is 5.97 Å². The number of carboxylic acids is 1. The summed E-state index contributed by atoms with van der Waals surface area (Å²) in [5.41, 5.74) is 11.3. The molecule has 5 nitrogen and oxygen atoms in total. The third-order valence-corrected chi connectivity index (χ3v) is 1.80. The topological polar surface area (TPSA) is 92.6 Å². The monoisotopic (exact) mass is 175 g/mol. The van der Waals surface area contributed by atoms with Crippen molar-refractivity contribution in [1.82, 2.24) is 4.90 Å². The Bertz CT molecular complexity index is 157. The fraction of sp³-hybridized carbons (Fsp3) is 0.857. The van der Waals surface area contributed by atoms with Gasteiger partial charge >= 0.3 is 5.97 Å². The second-order valence-electron chi connectivity index (χ2n) is 3.13. The first-order valence-corrected chi connectivity index (χ1v) is 3.83. The summed E-state index contributed by atoms with van der Waals surface area (Å²) < 4.78 is 0. The van der Waals surface area contributed by atoms with Crippen LogP contribution in [0.3, 0.4) is 0 Å². The highest BCUT2D eigenvalue weighted by atomic mass is 16.4. The predicted molar refractivity (Wildman–Crippen MR) is 46.3 cm³/mol. The van der Waals surface area contributed by atoms with Crippen LogP contribution >= 0.6 is 0 Å². The molecule has 0 aromatic heterocycles. The molecule has 0 amide bonds. The van der Waals surface area contributed by atoms with Gasteiger partial charge in [-0.2, -0.15) is 0 Å². The van der Waals surface area contributed by atoms with Crippen molar-refractivity contribution in [1.29, 1.82) is 0 Å². The second kappa shape index (κ2) is 4.39. The smallest absolute Gasteiger partial charge is 0.303 e. The van der Waals surface area contributed by atoms with E-state index in [4.69, 9.17) is 16.6 Å². The summed E-state index contributed by atoms with van der Waals surface area (Å²) in [5.74, 6) is -1.71. The molecule has 0 aromatic rings. The maximum absolute atomic E-state index is 10.2. The molecule has 0 atom stereocenters. The molecule has 0 heterocycles. The van der Waals surface area contributed by atoms with E-state index >= 15 is 0 Å². The lowest BCUT2D eigenvalue weighted by Crippen LogP contribution is -2.60. The van der Waals surface area contributed by atoms with E-state index in [2.05, 4.69) is 0 Å². The number of nitrogens with zero attached hydrogens (tertiary/aromatic N) is 1. The molecule has 72 valence electrons. The van der Waals surface area contributed by atoms with Gasteiger partial charge in [-0.1, -0.05) is 0 Å². The van der Waals surface area contributed by atoms with Crippen molar-refractivity contribution in [3.05, 3.63) is 0 Å². The third kappa shape index (κ3) is 4.27. The van der Waals surface area contributed by atoms with Gasteiger partial charge in [0, 0.05) is 6.42 Å². The van der Waals surface area contributed by atoms with Crippen LogP contribution in [0.5, 0.6) is 0 Å².